The second-order valence-electron chi connectivity index (χ2n) is 6.42. The first kappa shape index (κ1) is 17.4. The minimum atomic E-state index is -1.04. The van der Waals surface area contributed by atoms with Gasteiger partial charge in [0.15, 0.2) is 0 Å². The van der Waals surface area contributed by atoms with E-state index in [9.17, 15) is 14.4 Å². The lowest BCUT2D eigenvalue weighted by Crippen LogP contribution is -2.49. The first-order valence-electron chi connectivity index (χ1n) is 8.59. The highest BCUT2D eigenvalue weighted by Gasteiger charge is 2.58. The Hall–Kier alpha value is -2.41. The Kier molecular flexibility index (Phi) is 4.76. The summed E-state index contributed by atoms with van der Waals surface area (Å²) in [7, 11) is 0. The molecule has 1 spiro atoms. The Morgan fingerprint density at radius 2 is 2.00 bits per heavy atom. The molecule has 2 saturated heterocycles. The van der Waals surface area contributed by atoms with Gasteiger partial charge in [-0.15, -0.1) is 0 Å². The van der Waals surface area contributed by atoms with E-state index in [-0.39, 0.29) is 24.9 Å². The van der Waals surface area contributed by atoms with Crippen molar-refractivity contribution < 1.29 is 19.1 Å². The molecule has 0 unspecified atom stereocenters. The number of likely N-dealkylation sites (tertiary alicyclic amines) is 1. The fourth-order valence-electron chi connectivity index (χ4n) is 3.64. The van der Waals surface area contributed by atoms with Crippen LogP contribution in [0.4, 0.5) is 4.79 Å². The Balaban J connectivity index is 1.86. The molecule has 3 rings (SSSR count). The van der Waals surface area contributed by atoms with Gasteiger partial charge in [0.1, 0.15) is 11.6 Å². The monoisotopic (exact) mass is 345 g/mol. The van der Waals surface area contributed by atoms with E-state index in [0.717, 1.165) is 5.56 Å². The van der Waals surface area contributed by atoms with Crippen LogP contribution in [-0.4, -0.2) is 59.0 Å². The third-order valence-corrected chi connectivity index (χ3v) is 4.80. The SMILES string of the molecule is CCOC(=O)[C@@H]1C[C@]2(CN1Cc1ccccc1)NC(=O)N(CC)C2=O. The number of urea groups is 1. The number of nitrogens with one attached hydrogen (secondary N) is 1. The van der Waals surface area contributed by atoms with Crippen molar-refractivity contribution in [2.75, 3.05) is 19.7 Å². The number of benzene rings is 1. The van der Waals surface area contributed by atoms with Crippen LogP contribution in [0.3, 0.4) is 0 Å². The molecule has 0 bridgehead atoms. The average molecular weight is 345 g/mol. The molecule has 2 fully saturated rings. The topological polar surface area (TPSA) is 79.0 Å². The van der Waals surface area contributed by atoms with Gasteiger partial charge >= 0.3 is 12.0 Å². The Morgan fingerprint density at radius 1 is 1.28 bits per heavy atom. The highest BCUT2D eigenvalue weighted by atomic mass is 16.5. The van der Waals surface area contributed by atoms with Gasteiger partial charge < -0.3 is 10.1 Å². The summed E-state index contributed by atoms with van der Waals surface area (Å²) in [5, 5.41) is 2.81. The summed E-state index contributed by atoms with van der Waals surface area (Å²) in [6.07, 6.45) is 0.236. The van der Waals surface area contributed by atoms with Gasteiger partial charge in [-0.05, 0) is 19.4 Å². The lowest BCUT2D eigenvalue weighted by Gasteiger charge is -2.23. The number of hydrogen-bond acceptors (Lipinski definition) is 5. The molecule has 0 radical (unpaired) electrons. The van der Waals surface area contributed by atoms with Crippen molar-refractivity contribution in [2.45, 2.75) is 38.4 Å². The van der Waals surface area contributed by atoms with E-state index < -0.39 is 17.6 Å². The normalized spacial score (nSPS) is 26.3. The van der Waals surface area contributed by atoms with Crippen molar-refractivity contribution >= 4 is 17.9 Å². The molecule has 0 aromatic heterocycles. The predicted octanol–water partition coefficient (Wildman–Crippen LogP) is 1.13. The Labute approximate surface area is 146 Å². The number of ether oxygens (including phenoxy) is 1. The van der Waals surface area contributed by atoms with Gasteiger partial charge in [-0.2, -0.15) is 0 Å². The van der Waals surface area contributed by atoms with Crippen molar-refractivity contribution in [3.8, 4) is 0 Å². The first-order valence-corrected chi connectivity index (χ1v) is 8.59. The second-order valence-corrected chi connectivity index (χ2v) is 6.42. The molecule has 0 aliphatic carbocycles. The molecule has 2 heterocycles. The van der Waals surface area contributed by atoms with Crippen LogP contribution in [0.1, 0.15) is 25.8 Å². The quantitative estimate of drug-likeness (QED) is 0.639. The van der Waals surface area contributed by atoms with Crippen molar-refractivity contribution in [1.82, 2.24) is 15.1 Å². The molecule has 0 saturated carbocycles. The third kappa shape index (κ3) is 3.11. The maximum atomic E-state index is 12.8. The van der Waals surface area contributed by atoms with E-state index in [0.29, 0.717) is 19.6 Å². The number of amides is 3. The molecular weight excluding hydrogens is 322 g/mol. The summed E-state index contributed by atoms with van der Waals surface area (Å²) in [4.78, 5) is 40.4. The highest BCUT2D eigenvalue weighted by Crippen LogP contribution is 2.34. The largest absolute Gasteiger partial charge is 0.465 e. The second kappa shape index (κ2) is 6.84. The highest BCUT2D eigenvalue weighted by molar-refractivity contribution is 6.07. The molecule has 1 N–H and O–H groups in total. The molecular formula is C18H23N3O4. The molecule has 2 atom stereocenters. The van der Waals surface area contributed by atoms with E-state index in [1.54, 1.807) is 13.8 Å². The maximum Gasteiger partial charge on any atom is 0.325 e. The van der Waals surface area contributed by atoms with Crippen LogP contribution in [0.25, 0.3) is 0 Å². The lowest BCUT2D eigenvalue weighted by atomic mass is 9.96. The van der Waals surface area contributed by atoms with Crippen molar-refractivity contribution in [1.29, 1.82) is 0 Å². The summed E-state index contributed by atoms with van der Waals surface area (Å²) in [5.74, 6) is -0.614. The number of hydrogen-bond donors (Lipinski definition) is 1. The van der Waals surface area contributed by atoms with Crippen LogP contribution in [-0.2, 0) is 20.9 Å². The number of carbonyl (C=O) groups excluding carboxylic acids is 3. The zero-order valence-corrected chi connectivity index (χ0v) is 14.5. The first-order chi connectivity index (χ1) is 12.0. The summed E-state index contributed by atoms with van der Waals surface area (Å²) >= 11 is 0. The third-order valence-electron chi connectivity index (χ3n) is 4.80. The van der Waals surface area contributed by atoms with Crippen molar-refractivity contribution in [3.63, 3.8) is 0 Å². The molecule has 134 valence electrons. The van der Waals surface area contributed by atoms with Gasteiger partial charge in [0, 0.05) is 26.1 Å². The number of nitrogens with zero attached hydrogens (tertiary/aromatic N) is 2. The fourth-order valence-corrected chi connectivity index (χ4v) is 3.64. The molecule has 3 amide bonds. The fraction of sp³-hybridized carbons (Fsp3) is 0.500. The summed E-state index contributed by atoms with van der Waals surface area (Å²) in [6, 6.07) is 8.79. The van der Waals surface area contributed by atoms with E-state index >= 15 is 0 Å². The van der Waals surface area contributed by atoms with Crippen molar-refractivity contribution in [3.05, 3.63) is 35.9 Å². The Bertz CT molecular complexity index is 678. The van der Waals surface area contributed by atoms with E-state index in [4.69, 9.17) is 4.74 Å². The molecule has 1 aromatic carbocycles. The van der Waals surface area contributed by atoms with Gasteiger partial charge in [0.2, 0.25) is 0 Å². The molecule has 2 aliphatic heterocycles. The van der Waals surface area contributed by atoms with Gasteiger partial charge in [0.25, 0.3) is 5.91 Å². The number of carbonyl (C=O) groups is 3. The maximum absolute atomic E-state index is 12.8. The van der Waals surface area contributed by atoms with Crippen LogP contribution in [0.2, 0.25) is 0 Å². The number of esters is 1. The number of likely N-dealkylation sites (N-methyl/N-ethyl adjacent to an activating group) is 1. The summed E-state index contributed by atoms with van der Waals surface area (Å²) in [6.45, 7) is 4.92. The van der Waals surface area contributed by atoms with Crippen LogP contribution < -0.4 is 5.32 Å². The number of rotatable bonds is 5. The van der Waals surface area contributed by atoms with Crippen molar-refractivity contribution in [2.24, 2.45) is 0 Å². The standard InChI is InChI=1S/C18H23N3O4/c1-3-21-16(23)18(19-17(21)24)10-14(15(22)25-4-2)20(12-18)11-13-8-6-5-7-9-13/h5-9,14H,3-4,10-12H2,1-2H3,(H,19,24)/t14-,18+/m0/s1. The average Bonchev–Trinajstić information content (AvgIpc) is 3.06. The van der Waals surface area contributed by atoms with Crippen LogP contribution in [0.15, 0.2) is 30.3 Å². The minimum absolute atomic E-state index is 0.236. The van der Waals surface area contributed by atoms with Gasteiger partial charge in [-0.1, -0.05) is 30.3 Å². The smallest absolute Gasteiger partial charge is 0.325 e. The number of imide groups is 1. The summed E-state index contributed by atoms with van der Waals surface area (Å²) in [5.41, 5.74) is -0.00257. The molecule has 2 aliphatic rings. The minimum Gasteiger partial charge on any atom is -0.465 e. The molecule has 7 nitrogen and oxygen atoms in total. The van der Waals surface area contributed by atoms with Crippen LogP contribution in [0, 0.1) is 0 Å². The molecule has 7 heteroatoms. The van der Waals surface area contributed by atoms with Crippen LogP contribution in [0.5, 0.6) is 0 Å². The van der Waals surface area contributed by atoms with Gasteiger partial charge in [-0.25, -0.2) is 4.79 Å². The zero-order valence-electron chi connectivity index (χ0n) is 14.5. The Morgan fingerprint density at radius 3 is 2.60 bits per heavy atom. The summed E-state index contributed by atoms with van der Waals surface area (Å²) < 4.78 is 5.19. The predicted molar refractivity (Wildman–Crippen MR) is 90.5 cm³/mol. The molecule has 25 heavy (non-hydrogen) atoms. The van der Waals surface area contributed by atoms with Crippen LogP contribution >= 0.6 is 0 Å². The van der Waals surface area contributed by atoms with E-state index in [2.05, 4.69) is 5.32 Å². The lowest BCUT2D eigenvalue weighted by molar-refractivity contribution is -0.148. The van der Waals surface area contributed by atoms with Gasteiger partial charge in [0.05, 0.1) is 6.61 Å². The zero-order chi connectivity index (χ0) is 18.0. The van der Waals surface area contributed by atoms with E-state index in [1.165, 1.54) is 4.90 Å². The molecule has 1 aromatic rings. The van der Waals surface area contributed by atoms with E-state index in [1.807, 2.05) is 35.2 Å². The van der Waals surface area contributed by atoms with Gasteiger partial charge in [-0.3, -0.25) is 19.4 Å².